The van der Waals surface area contributed by atoms with Crippen LogP contribution in [-0.2, 0) is 9.63 Å². The third-order valence-corrected chi connectivity index (χ3v) is 1.59. The zero-order chi connectivity index (χ0) is 8.48. The maximum absolute atomic E-state index is 11.1. The Hall–Kier alpha value is -0.650. The Kier molecular flexibility index (Phi) is 2.12. The van der Waals surface area contributed by atoms with Crippen molar-refractivity contribution in [2.45, 2.75) is 25.5 Å². The van der Waals surface area contributed by atoms with E-state index < -0.39 is 11.6 Å². The summed E-state index contributed by atoms with van der Waals surface area (Å²) in [7, 11) is 1.28. The van der Waals surface area contributed by atoms with Crippen molar-refractivity contribution in [2.75, 3.05) is 7.05 Å². The second kappa shape index (κ2) is 2.77. The number of carbonyl (C=O) groups excluding carboxylic acids is 1. The molecular weight excluding hydrogens is 148 g/mol. The van der Waals surface area contributed by atoms with Crippen LogP contribution in [0.2, 0.25) is 0 Å². The first-order valence-electron chi connectivity index (χ1n) is 3.54. The molecule has 0 saturated carbocycles. The van der Waals surface area contributed by atoms with Crippen LogP contribution in [0.5, 0.6) is 0 Å². The summed E-state index contributed by atoms with van der Waals surface area (Å²) < 4.78 is 0. The predicted molar refractivity (Wildman–Crippen MR) is 36.4 cm³/mol. The van der Waals surface area contributed by atoms with E-state index in [1.165, 1.54) is 7.05 Å². The molecule has 11 heavy (non-hydrogen) atoms. The average molecular weight is 160 g/mol. The van der Waals surface area contributed by atoms with Gasteiger partial charge < -0.3 is 0 Å². The monoisotopic (exact) mass is 160 g/mol. The summed E-state index contributed by atoms with van der Waals surface area (Å²) in [5.74, 6) is -0.445. The molecule has 0 radical (unpaired) electrons. The molecule has 1 atom stereocenters. The minimum absolute atomic E-state index is 0.445. The van der Waals surface area contributed by atoms with Gasteiger partial charge in [0, 0.05) is 13.5 Å². The van der Waals surface area contributed by atoms with Gasteiger partial charge in [0.15, 0.2) is 0 Å². The lowest BCUT2D eigenvalue weighted by molar-refractivity contribution is -0.165. The van der Waals surface area contributed by atoms with E-state index in [1.54, 1.807) is 0 Å². The van der Waals surface area contributed by atoms with Crippen LogP contribution in [0.15, 0.2) is 0 Å². The first-order chi connectivity index (χ1) is 5.12. The fourth-order valence-corrected chi connectivity index (χ4v) is 0.971. The molecule has 0 spiro atoms. The molecule has 1 fully saturated rings. The van der Waals surface area contributed by atoms with Gasteiger partial charge in [-0.3, -0.25) is 14.8 Å². The lowest BCUT2D eigenvalue weighted by Crippen LogP contribution is -2.38. The number of nitrogens with one attached hydrogen (secondary N) is 1. The van der Waals surface area contributed by atoms with Gasteiger partial charge in [0.25, 0.3) is 5.91 Å². The number of rotatable bonds is 3. The third-order valence-electron chi connectivity index (χ3n) is 1.59. The smallest absolute Gasteiger partial charge is 0.286 e. The van der Waals surface area contributed by atoms with Crippen molar-refractivity contribution in [1.29, 1.82) is 0 Å². The minimum atomic E-state index is -0.932. The van der Waals surface area contributed by atoms with E-state index in [1.807, 2.05) is 6.92 Å². The topological polar surface area (TPSA) is 75.0 Å². The Morgan fingerprint density at radius 1 is 1.82 bits per heavy atom. The van der Waals surface area contributed by atoms with E-state index in [2.05, 4.69) is 5.48 Å². The minimum Gasteiger partial charge on any atom is -0.286 e. The first-order valence-corrected chi connectivity index (χ1v) is 3.54. The first kappa shape index (κ1) is 8.45. The molecule has 0 aromatic carbocycles. The molecular formula is C6H12N2O3. The number of carbonyl (C=O) groups is 1. The molecule has 0 bridgehead atoms. The van der Waals surface area contributed by atoms with Gasteiger partial charge in [0.1, 0.15) is 0 Å². The van der Waals surface area contributed by atoms with Crippen molar-refractivity contribution in [3.63, 3.8) is 0 Å². The van der Waals surface area contributed by atoms with Crippen molar-refractivity contribution in [3.8, 4) is 0 Å². The second-order valence-electron chi connectivity index (χ2n) is 2.61. The van der Waals surface area contributed by atoms with Gasteiger partial charge >= 0.3 is 0 Å². The van der Waals surface area contributed by atoms with E-state index in [4.69, 9.17) is 10.0 Å². The summed E-state index contributed by atoms with van der Waals surface area (Å²) >= 11 is 0. The summed E-state index contributed by atoms with van der Waals surface area (Å²) in [5.41, 5.74) is 1.55. The maximum atomic E-state index is 11.1. The van der Waals surface area contributed by atoms with Gasteiger partial charge in [-0.15, -0.1) is 0 Å². The van der Waals surface area contributed by atoms with Gasteiger partial charge in [-0.2, -0.15) is 5.48 Å². The van der Waals surface area contributed by atoms with Crippen LogP contribution in [-0.4, -0.2) is 29.0 Å². The van der Waals surface area contributed by atoms with Gasteiger partial charge in [-0.25, -0.2) is 5.06 Å². The Morgan fingerprint density at radius 3 is 2.64 bits per heavy atom. The van der Waals surface area contributed by atoms with E-state index in [0.29, 0.717) is 11.5 Å². The second-order valence-corrected chi connectivity index (χ2v) is 2.61. The highest BCUT2D eigenvalue weighted by Gasteiger charge is 2.53. The van der Waals surface area contributed by atoms with Crippen molar-refractivity contribution in [1.82, 2.24) is 10.5 Å². The predicted octanol–water partition coefficient (Wildman–Crippen LogP) is -0.135. The van der Waals surface area contributed by atoms with Gasteiger partial charge in [-0.05, 0) is 0 Å². The molecule has 2 N–H and O–H groups in total. The van der Waals surface area contributed by atoms with Crippen LogP contribution in [0.1, 0.15) is 19.8 Å². The van der Waals surface area contributed by atoms with Crippen molar-refractivity contribution in [3.05, 3.63) is 0 Å². The Balaban J connectivity index is 2.51. The Labute approximate surface area is 64.8 Å². The quantitative estimate of drug-likeness (QED) is 0.342. The Morgan fingerprint density at radius 2 is 2.36 bits per heavy atom. The highest BCUT2D eigenvalue weighted by molar-refractivity contribution is 5.85. The van der Waals surface area contributed by atoms with Crippen LogP contribution >= 0.6 is 0 Å². The Bertz CT molecular complexity index is 165. The summed E-state index contributed by atoms with van der Waals surface area (Å²) in [4.78, 5) is 15.9. The fourth-order valence-electron chi connectivity index (χ4n) is 0.971. The lowest BCUT2D eigenvalue weighted by Gasteiger charge is -2.11. The van der Waals surface area contributed by atoms with Crippen LogP contribution in [0, 0.1) is 0 Å². The standard InChI is InChI=1S/C6H12N2O3/c1-3-4-6(7-11-6)5(9)8(2)10/h7,10H,3-4H2,1-2H3. The number of amides is 1. The molecule has 1 saturated heterocycles. The summed E-state index contributed by atoms with van der Waals surface area (Å²) in [6.07, 6.45) is 1.41. The molecule has 0 aromatic heterocycles. The summed E-state index contributed by atoms with van der Waals surface area (Å²) in [6.45, 7) is 1.94. The van der Waals surface area contributed by atoms with E-state index in [0.717, 1.165) is 6.42 Å². The zero-order valence-corrected chi connectivity index (χ0v) is 6.63. The van der Waals surface area contributed by atoms with Crippen LogP contribution < -0.4 is 5.48 Å². The van der Waals surface area contributed by atoms with Gasteiger partial charge in [0.05, 0.1) is 0 Å². The van der Waals surface area contributed by atoms with Gasteiger partial charge in [0.2, 0.25) is 5.72 Å². The van der Waals surface area contributed by atoms with Crippen molar-refractivity contribution < 1.29 is 14.8 Å². The molecule has 1 aliphatic rings. The molecule has 1 amide bonds. The highest BCUT2D eigenvalue weighted by Crippen LogP contribution is 2.26. The molecule has 1 unspecified atom stereocenters. The number of nitrogens with zero attached hydrogens (tertiary/aromatic N) is 1. The maximum Gasteiger partial charge on any atom is 0.297 e. The number of likely N-dealkylation sites (N-methyl/N-ethyl adjacent to an activating group) is 1. The van der Waals surface area contributed by atoms with Crippen LogP contribution in [0.3, 0.4) is 0 Å². The summed E-state index contributed by atoms with van der Waals surface area (Å²) in [5, 5.41) is 9.32. The van der Waals surface area contributed by atoms with E-state index >= 15 is 0 Å². The molecule has 5 heteroatoms. The molecule has 1 heterocycles. The molecule has 0 aromatic rings. The molecule has 5 nitrogen and oxygen atoms in total. The average Bonchev–Trinajstić information content (AvgIpc) is 2.69. The van der Waals surface area contributed by atoms with Crippen molar-refractivity contribution >= 4 is 5.91 Å². The molecule has 0 aliphatic carbocycles. The molecule has 64 valence electrons. The van der Waals surface area contributed by atoms with Crippen LogP contribution in [0.25, 0.3) is 0 Å². The van der Waals surface area contributed by atoms with Gasteiger partial charge in [-0.1, -0.05) is 13.3 Å². The third kappa shape index (κ3) is 1.50. The van der Waals surface area contributed by atoms with Crippen LogP contribution in [0.4, 0.5) is 0 Å². The largest absolute Gasteiger partial charge is 0.297 e. The van der Waals surface area contributed by atoms with E-state index in [9.17, 15) is 4.79 Å². The van der Waals surface area contributed by atoms with E-state index in [-0.39, 0.29) is 0 Å². The SMILES string of the molecule is CCCC1(C(=O)N(C)O)NO1. The fraction of sp³-hybridized carbons (Fsp3) is 0.833. The number of hydrogen-bond acceptors (Lipinski definition) is 4. The number of hydrogen-bond donors (Lipinski definition) is 2. The van der Waals surface area contributed by atoms with Crippen molar-refractivity contribution in [2.24, 2.45) is 0 Å². The lowest BCUT2D eigenvalue weighted by atomic mass is 10.1. The normalized spacial score (nSPS) is 28.3. The highest BCUT2D eigenvalue weighted by atomic mass is 16.8. The zero-order valence-electron chi connectivity index (χ0n) is 6.63. The molecule has 1 aliphatic heterocycles. The summed E-state index contributed by atoms with van der Waals surface area (Å²) in [6, 6.07) is 0. The number of hydroxylamine groups is 3. The molecule has 1 rings (SSSR count).